The number of nitrogens with one attached hydrogen (secondary N) is 1. The zero-order valence-electron chi connectivity index (χ0n) is 14.2. The second kappa shape index (κ2) is 6.68. The second-order valence-corrected chi connectivity index (χ2v) is 6.15. The molecule has 1 aromatic heterocycles. The normalized spacial score (nSPS) is 15.7. The van der Waals surface area contributed by atoms with Crippen molar-refractivity contribution in [3.63, 3.8) is 0 Å². The number of anilines is 1. The summed E-state index contributed by atoms with van der Waals surface area (Å²) in [4.78, 5) is 0. The number of halogens is 1. The van der Waals surface area contributed by atoms with Crippen molar-refractivity contribution in [2.45, 2.75) is 6.04 Å². The molecule has 3 aromatic rings. The number of benzene rings is 2. The minimum Gasteiger partial charge on any atom is -0.497 e. The Labute approximate surface area is 155 Å². The van der Waals surface area contributed by atoms with Crippen molar-refractivity contribution in [2.75, 3.05) is 19.5 Å². The Morgan fingerprint density at radius 2 is 1.88 bits per heavy atom. The van der Waals surface area contributed by atoms with Gasteiger partial charge >= 0.3 is 0 Å². The summed E-state index contributed by atoms with van der Waals surface area (Å²) in [7, 11) is 3.25. The largest absolute Gasteiger partial charge is 0.497 e. The first-order chi connectivity index (χ1) is 12.7. The molecule has 26 heavy (non-hydrogen) atoms. The molecule has 0 bridgehead atoms. The lowest BCUT2D eigenvalue weighted by atomic mass is 10.0. The van der Waals surface area contributed by atoms with E-state index < -0.39 is 0 Å². The maximum absolute atomic E-state index is 6.02. The highest BCUT2D eigenvalue weighted by Gasteiger charge is 2.25. The van der Waals surface area contributed by atoms with Crippen molar-refractivity contribution in [2.24, 2.45) is 0 Å². The van der Waals surface area contributed by atoms with E-state index in [9.17, 15) is 0 Å². The molecular formula is C18H16ClN5O2. The molecule has 2 heterocycles. The average molecular weight is 370 g/mol. The van der Waals surface area contributed by atoms with Gasteiger partial charge in [0, 0.05) is 16.7 Å². The van der Waals surface area contributed by atoms with Gasteiger partial charge < -0.3 is 14.8 Å². The Hall–Kier alpha value is -3.06. The van der Waals surface area contributed by atoms with E-state index in [1.165, 1.54) is 0 Å². The molecule has 1 aliphatic rings. The smallest absolute Gasteiger partial charge is 0.248 e. The molecule has 8 heteroatoms. The van der Waals surface area contributed by atoms with Crippen LogP contribution in [0.25, 0.3) is 5.70 Å². The van der Waals surface area contributed by atoms with E-state index in [0.29, 0.717) is 16.7 Å². The third-order valence-corrected chi connectivity index (χ3v) is 4.49. The van der Waals surface area contributed by atoms with Crippen LogP contribution in [0.3, 0.4) is 0 Å². The summed E-state index contributed by atoms with van der Waals surface area (Å²) >= 11 is 6.02. The van der Waals surface area contributed by atoms with Gasteiger partial charge in [-0.05, 0) is 46.3 Å². The Morgan fingerprint density at radius 3 is 2.62 bits per heavy atom. The topological polar surface area (TPSA) is 74.1 Å². The Kier molecular flexibility index (Phi) is 4.22. The van der Waals surface area contributed by atoms with Gasteiger partial charge in [0.25, 0.3) is 0 Å². The van der Waals surface area contributed by atoms with Crippen molar-refractivity contribution < 1.29 is 9.47 Å². The van der Waals surface area contributed by atoms with Crippen molar-refractivity contribution >= 4 is 23.2 Å². The highest BCUT2D eigenvalue weighted by molar-refractivity contribution is 6.30. The van der Waals surface area contributed by atoms with Crippen molar-refractivity contribution in [1.82, 2.24) is 20.2 Å². The molecule has 1 atom stereocenters. The molecule has 0 spiro atoms. The molecule has 0 saturated carbocycles. The number of nitrogens with zero attached hydrogens (tertiary/aromatic N) is 4. The number of aromatic nitrogens is 4. The summed E-state index contributed by atoms with van der Waals surface area (Å²) in [6.45, 7) is 0. The van der Waals surface area contributed by atoms with Gasteiger partial charge in [-0.2, -0.15) is 4.68 Å². The first kappa shape index (κ1) is 16.4. The van der Waals surface area contributed by atoms with Gasteiger partial charge in [0.15, 0.2) is 0 Å². The zero-order valence-corrected chi connectivity index (χ0v) is 14.9. The molecule has 0 radical (unpaired) electrons. The van der Waals surface area contributed by atoms with Crippen LogP contribution in [-0.2, 0) is 0 Å². The third-order valence-electron chi connectivity index (χ3n) is 4.24. The molecule has 7 nitrogen and oxygen atoms in total. The number of hydrogen-bond acceptors (Lipinski definition) is 6. The summed E-state index contributed by atoms with van der Waals surface area (Å²) in [5.41, 5.74) is 2.77. The average Bonchev–Trinajstić information content (AvgIpc) is 3.16. The monoisotopic (exact) mass is 369 g/mol. The van der Waals surface area contributed by atoms with Gasteiger partial charge in [0.2, 0.25) is 5.95 Å². The molecule has 132 valence electrons. The Bertz CT molecular complexity index is 968. The van der Waals surface area contributed by atoms with Gasteiger partial charge in [-0.15, -0.1) is 0 Å². The molecule has 0 saturated heterocycles. The van der Waals surface area contributed by atoms with Crippen LogP contribution in [0.2, 0.25) is 5.02 Å². The highest BCUT2D eigenvalue weighted by Crippen LogP contribution is 2.36. The molecular weight excluding hydrogens is 354 g/mol. The first-order valence-electron chi connectivity index (χ1n) is 7.94. The van der Waals surface area contributed by atoms with E-state index in [1.807, 2.05) is 42.5 Å². The number of tetrazole rings is 1. The van der Waals surface area contributed by atoms with Gasteiger partial charge in [-0.1, -0.05) is 28.8 Å². The lowest BCUT2D eigenvalue weighted by Gasteiger charge is -2.24. The molecule has 1 N–H and O–H groups in total. The molecule has 0 fully saturated rings. The summed E-state index contributed by atoms with van der Waals surface area (Å²) in [5.74, 6) is 1.97. The maximum Gasteiger partial charge on any atom is 0.248 e. The van der Waals surface area contributed by atoms with Crippen LogP contribution in [0.1, 0.15) is 17.2 Å². The molecule has 1 unspecified atom stereocenters. The molecule has 4 rings (SSSR count). The van der Waals surface area contributed by atoms with Gasteiger partial charge in [0.1, 0.15) is 17.5 Å². The fourth-order valence-corrected chi connectivity index (χ4v) is 3.06. The number of methoxy groups -OCH3 is 2. The SMILES string of the molecule is COc1ccc(C2=CC(c3ccc(Cl)cc3)n3nnnc3N2)c(OC)c1. The standard InChI is InChI=1S/C18H16ClN5O2/c1-25-13-7-8-14(17(9-13)26-2)15-10-16(11-3-5-12(19)6-4-11)24-18(20-15)21-22-23-24/h3-10,16H,1-2H3,(H,20,21,23). The van der Waals surface area contributed by atoms with Crippen LogP contribution in [0.15, 0.2) is 48.5 Å². The third kappa shape index (κ3) is 2.86. The predicted octanol–water partition coefficient (Wildman–Crippen LogP) is 3.40. The summed E-state index contributed by atoms with van der Waals surface area (Å²) < 4.78 is 12.5. The quantitative estimate of drug-likeness (QED) is 0.759. The molecule has 0 amide bonds. The van der Waals surface area contributed by atoms with E-state index >= 15 is 0 Å². The highest BCUT2D eigenvalue weighted by atomic mass is 35.5. The molecule has 0 aliphatic carbocycles. The zero-order chi connectivity index (χ0) is 18.1. The minimum atomic E-state index is -0.166. The Balaban J connectivity index is 1.81. The van der Waals surface area contributed by atoms with Crippen LogP contribution < -0.4 is 14.8 Å². The van der Waals surface area contributed by atoms with Crippen LogP contribution in [0, 0.1) is 0 Å². The van der Waals surface area contributed by atoms with E-state index in [0.717, 1.165) is 22.6 Å². The van der Waals surface area contributed by atoms with Gasteiger partial charge in [-0.3, -0.25) is 0 Å². The van der Waals surface area contributed by atoms with E-state index in [-0.39, 0.29) is 6.04 Å². The fraction of sp³-hybridized carbons (Fsp3) is 0.167. The van der Waals surface area contributed by atoms with E-state index in [1.54, 1.807) is 18.9 Å². The number of fused-ring (bicyclic) bond motifs is 1. The van der Waals surface area contributed by atoms with Crippen LogP contribution >= 0.6 is 11.6 Å². The van der Waals surface area contributed by atoms with Crippen LogP contribution in [-0.4, -0.2) is 34.4 Å². The summed E-state index contributed by atoms with van der Waals surface area (Å²) in [6, 6.07) is 13.1. The summed E-state index contributed by atoms with van der Waals surface area (Å²) in [6.07, 6.45) is 2.05. The van der Waals surface area contributed by atoms with Crippen LogP contribution in [0.5, 0.6) is 11.5 Å². The number of hydrogen-bond donors (Lipinski definition) is 1. The number of ether oxygens (including phenoxy) is 2. The van der Waals surface area contributed by atoms with Crippen molar-refractivity contribution in [1.29, 1.82) is 0 Å². The molecule has 1 aliphatic heterocycles. The first-order valence-corrected chi connectivity index (χ1v) is 8.32. The van der Waals surface area contributed by atoms with E-state index in [2.05, 4.69) is 26.9 Å². The Morgan fingerprint density at radius 1 is 1.08 bits per heavy atom. The van der Waals surface area contributed by atoms with Gasteiger partial charge in [-0.25, -0.2) is 0 Å². The maximum atomic E-state index is 6.02. The second-order valence-electron chi connectivity index (χ2n) is 5.72. The van der Waals surface area contributed by atoms with Crippen molar-refractivity contribution in [3.05, 3.63) is 64.7 Å². The minimum absolute atomic E-state index is 0.166. The van der Waals surface area contributed by atoms with Crippen molar-refractivity contribution in [3.8, 4) is 11.5 Å². The molecule has 2 aromatic carbocycles. The number of allylic oxidation sites excluding steroid dienone is 1. The lowest BCUT2D eigenvalue weighted by molar-refractivity contribution is 0.393. The summed E-state index contributed by atoms with van der Waals surface area (Å²) in [5, 5.41) is 15.9. The van der Waals surface area contributed by atoms with E-state index in [4.69, 9.17) is 21.1 Å². The van der Waals surface area contributed by atoms with Crippen LogP contribution in [0.4, 0.5) is 5.95 Å². The van der Waals surface area contributed by atoms with Gasteiger partial charge in [0.05, 0.1) is 19.9 Å². The fourth-order valence-electron chi connectivity index (χ4n) is 2.93. The predicted molar refractivity (Wildman–Crippen MR) is 98.6 cm³/mol. The number of rotatable bonds is 4. The lowest BCUT2D eigenvalue weighted by Crippen LogP contribution is -2.20.